The zero-order valence-corrected chi connectivity index (χ0v) is 14.5. The second kappa shape index (κ2) is 8.33. The molecule has 1 aromatic carbocycles. The Morgan fingerprint density at radius 3 is 2.65 bits per heavy atom. The average molecular weight is 355 g/mol. The molecule has 0 bridgehead atoms. The Morgan fingerprint density at radius 2 is 1.96 bits per heavy atom. The number of aromatic nitrogens is 1. The fourth-order valence-corrected chi connectivity index (χ4v) is 2.93. The predicted molar refractivity (Wildman–Crippen MR) is 94.8 cm³/mol. The zero-order chi connectivity index (χ0) is 18.4. The molecule has 2 atom stereocenters. The molecule has 1 aliphatic rings. The van der Waals surface area contributed by atoms with Crippen molar-refractivity contribution in [2.45, 2.75) is 18.6 Å². The van der Waals surface area contributed by atoms with Gasteiger partial charge in [0.05, 0.1) is 12.7 Å². The maximum absolute atomic E-state index is 12.6. The summed E-state index contributed by atoms with van der Waals surface area (Å²) in [5.74, 6) is 0.762. The van der Waals surface area contributed by atoms with E-state index in [1.807, 2.05) is 18.2 Å². The van der Waals surface area contributed by atoms with Gasteiger partial charge in [-0.15, -0.1) is 0 Å². The van der Waals surface area contributed by atoms with Crippen molar-refractivity contribution in [2.75, 3.05) is 20.2 Å². The quantitative estimate of drug-likeness (QED) is 0.844. The Balaban J connectivity index is 1.64. The van der Waals surface area contributed by atoms with Crippen LogP contribution < -0.4 is 14.8 Å². The molecule has 1 fully saturated rings. The molecule has 0 spiro atoms. The van der Waals surface area contributed by atoms with Crippen LogP contribution in [0.3, 0.4) is 0 Å². The number of hydrogen-bond donors (Lipinski definition) is 1. The van der Waals surface area contributed by atoms with E-state index in [0.717, 1.165) is 0 Å². The SMILES string of the molecule is CNC(=O)[C@@H]1C[C@H](Oc2cccnc2)CN1C(=O)COc1ccccc1. The highest BCUT2D eigenvalue weighted by molar-refractivity contribution is 5.88. The van der Waals surface area contributed by atoms with Gasteiger partial charge >= 0.3 is 0 Å². The van der Waals surface area contributed by atoms with Gasteiger partial charge in [0.1, 0.15) is 23.6 Å². The first kappa shape index (κ1) is 17.7. The van der Waals surface area contributed by atoms with Crippen LogP contribution in [-0.4, -0.2) is 54.0 Å². The van der Waals surface area contributed by atoms with Gasteiger partial charge in [0.2, 0.25) is 5.91 Å². The van der Waals surface area contributed by atoms with Gasteiger partial charge in [-0.1, -0.05) is 18.2 Å². The van der Waals surface area contributed by atoms with Crippen molar-refractivity contribution in [3.8, 4) is 11.5 Å². The fourth-order valence-electron chi connectivity index (χ4n) is 2.93. The molecule has 1 aromatic heterocycles. The van der Waals surface area contributed by atoms with Crippen molar-refractivity contribution >= 4 is 11.8 Å². The Morgan fingerprint density at radius 1 is 1.19 bits per heavy atom. The number of para-hydroxylation sites is 1. The average Bonchev–Trinajstić information content (AvgIpc) is 3.11. The summed E-state index contributed by atoms with van der Waals surface area (Å²) in [4.78, 5) is 30.3. The number of benzene rings is 1. The van der Waals surface area contributed by atoms with Crippen molar-refractivity contribution in [1.29, 1.82) is 0 Å². The summed E-state index contributed by atoms with van der Waals surface area (Å²) in [6, 6.07) is 12.1. The minimum Gasteiger partial charge on any atom is -0.487 e. The van der Waals surface area contributed by atoms with Crippen molar-refractivity contribution in [2.24, 2.45) is 0 Å². The first-order valence-electron chi connectivity index (χ1n) is 8.43. The summed E-state index contributed by atoms with van der Waals surface area (Å²) >= 11 is 0. The molecule has 1 N–H and O–H groups in total. The molecular formula is C19H21N3O4. The summed E-state index contributed by atoms with van der Waals surface area (Å²) in [7, 11) is 1.56. The third kappa shape index (κ3) is 4.30. The molecule has 1 saturated heterocycles. The van der Waals surface area contributed by atoms with Gasteiger partial charge < -0.3 is 19.7 Å². The first-order chi connectivity index (χ1) is 12.7. The van der Waals surface area contributed by atoms with Crippen molar-refractivity contribution in [1.82, 2.24) is 15.2 Å². The number of ether oxygens (including phenoxy) is 2. The van der Waals surface area contributed by atoms with E-state index in [0.29, 0.717) is 24.5 Å². The molecule has 2 heterocycles. The van der Waals surface area contributed by atoms with E-state index in [9.17, 15) is 9.59 Å². The van der Waals surface area contributed by atoms with E-state index in [4.69, 9.17) is 9.47 Å². The smallest absolute Gasteiger partial charge is 0.261 e. The van der Waals surface area contributed by atoms with Gasteiger partial charge in [-0.25, -0.2) is 0 Å². The highest BCUT2D eigenvalue weighted by Crippen LogP contribution is 2.23. The highest BCUT2D eigenvalue weighted by atomic mass is 16.5. The zero-order valence-electron chi connectivity index (χ0n) is 14.5. The molecule has 7 heteroatoms. The van der Waals surface area contributed by atoms with Gasteiger partial charge in [0.15, 0.2) is 6.61 Å². The second-order valence-corrected chi connectivity index (χ2v) is 5.94. The van der Waals surface area contributed by atoms with Crippen molar-refractivity contribution in [3.63, 3.8) is 0 Å². The van der Waals surface area contributed by atoms with Crippen LogP contribution in [0.5, 0.6) is 11.5 Å². The van der Waals surface area contributed by atoms with E-state index in [2.05, 4.69) is 10.3 Å². The molecule has 0 saturated carbocycles. The fraction of sp³-hybridized carbons (Fsp3) is 0.316. The number of likely N-dealkylation sites (tertiary alicyclic amines) is 1. The monoisotopic (exact) mass is 355 g/mol. The molecule has 1 aliphatic heterocycles. The Hall–Kier alpha value is -3.09. The summed E-state index contributed by atoms with van der Waals surface area (Å²) in [6.07, 6.45) is 3.41. The lowest BCUT2D eigenvalue weighted by molar-refractivity contribution is -0.139. The number of hydrogen-bond acceptors (Lipinski definition) is 5. The van der Waals surface area contributed by atoms with Crippen LogP contribution in [0.4, 0.5) is 0 Å². The lowest BCUT2D eigenvalue weighted by atomic mass is 10.2. The number of carbonyl (C=O) groups is 2. The Labute approximate surface area is 151 Å². The molecule has 0 unspecified atom stereocenters. The largest absolute Gasteiger partial charge is 0.487 e. The lowest BCUT2D eigenvalue weighted by Gasteiger charge is -2.23. The molecule has 3 rings (SSSR count). The van der Waals surface area contributed by atoms with Crippen LogP contribution in [-0.2, 0) is 9.59 Å². The minimum atomic E-state index is -0.575. The molecule has 136 valence electrons. The maximum atomic E-state index is 12.6. The number of carbonyl (C=O) groups excluding carboxylic acids is 2. The molecule has 0 aliphatic carbocycles. The molecule has 26 heavy (non-hydrogen) atoms. The van der Waals surface area contributed by atoms with E-state index >= 15 is 0 Å². The van der Waals surface area contributed by atoms with Crippen LogP contribution in [0.1, 0.15) is 6.42 Å². The van der Waals surface area contributed by atoms with Gasteiger partial charge in [-0.2, -0.15) is 0 Å². The molecule has 2 amide bonds. The summed E-state index contributed by atoms with van der Waals surface area (Å²) in [5, 5.41) is 2.61. The Kier molecular flexibility index (Phi) is 5.68. The van der Waals surface area contributed by atoms with Crippen LogP contribution in [0.25, 0.3) is 0 Å². The standard InChI is InChI=1S/C19H21N3O4/c1-20-19(24)17-10-16(26-15-8-5-9-21-11-15)12-22(17)18(23)13-25-14-6-3-2-4-7-14/h2-9,11,16-17H,10,12-13H2,1H3,(H,20,24)/t16-,17-/m0/s1. The number of nitrogens with one attached hydrogen (secondary N) is 1. The highest BCUT2D eigenvalue weighted by Gasteiger charge is 2.40. The number of pyridine rings is 1. The van der Waals surface area contributed by atoms with Crippen LogP contribution in [0, 0.1) is 0 Å². The third-order valence-corrected chi connectivity index (χ3v) is 4.17. The van der Waals surface area contributed by atoms with Crippen LogP contribution in [0.2, 0.25) is 0 Å². The summed E-state index contributed by atoms with van der Waals surface area (Å²) < 4.78 is 11.4. The molecular weight excluding hydrogens is 334 g/mol. The Bertz CT molecular complexity index is 739. The molecule has 0 radical (unpaired) electrons. The number of nitrogens with zero attached hydrogens (tertiary/aromatic N) is 2. The second-order valence-electron chi connectivity index (χ2n) is 5.94. The van der Waals surface area contributed by atoms with Crippen LogP contribution in [0.15, 0.2) is 54.9 Å². The third-order valence-electron chi connectivity index (χ3n) is 4.17. The topological polar surface area (TPSA) is 80.8 Å². The van der Waals surface area contributed by atoms with Gasteiger partial charge in [-0.05, 0) is 24.3 Å². The lowest BCUT2D eigenvalue weighted by Crippen LogP contribution is -2.46. The van der Waals surface area contributed by atoms with Gasteiger partial charge in [0, 0.05) is 19.7 Å². The van der Waals surface area contributed by atoms with Crippen LogP contribution >= 0.6 is 0 Å². The van der Waals surface area contributed by atoms with E-state index in [1.54, 1.807) is 43.7 Å². The van der Waals surface area contributed by atoms with Crippen molar-refractivity contribution < 1.29 is 19.1 Å². The summed E-state index contributed by atoms with van der Waals surface area (Å²) in [6.45, 7) is 0.196. The van der Waals surface area contributed by atoms with Gasteiger partial charge in [-0.3, -0.25) is 14.6 Å². The number of rotatable bonds is 6. The van der Waals surface area contributed by atoms with E-state index in [1.165, 1.54) is 4.90 Å². The maximum Gasteiger partial charge on any atom is 0.261 e. The predicted octanol–water partition coefficient (Wildman–Crippen LogP) is 1.25. The molecule has 2 aromatic rings. The van der Waals surface area contributed by atoms with Gasteiger partial charge in [0.25, 0.3) is 5.91 Å². The molecule has 7 nitrogen and oxygen atoms in total. The normalized spacial score (nSPS) is 19.0. The number of likely N-dealkylation sites (N-methyl/N-ethyl adjacent to an activating group) is 1. The number of amides is 2. The van der Waals surface area contributed by atoms with Crippen molar-refractivity contribution in [3.05, 3.63) is 54.9 Å². The van der Waals surface area contributed by atoms with E-state index < -0.39 is 6.04 Å². The van der Waals surface area contributed by atoms with E-state index in [-0.39, 0.29) is 24.5 Å². The minimum absolute atomic E-state index is 0.128. The summed E-state index contributed by atoms with van der Waals surface area (Å²) in [5.41, 5.74) is 0. The first-order valence-corrected chi connectivity index (χ1v) is 8.43.